The van der Waals surface area contributed by atoms with Gasteiger partial charge in [-0.05, 0) is 31.0 Å². The molecule has 6 heteroatoms. The number of hydrogen-bond acceptors (Lipinski definition) is 3. The molecule has 0 saturated heterocycles. The molecule has 0 aromatic heterocycles. The van der Waals surface area contributed by atoms with Crippen LogP contribution in [0.15, 0.2) is 24.3 Å². The van der Waals surface area contributed by atoms with Gasteiger partial charge in [-0.1, -0.05) is 12.1 Å². The van der Waals surface area contributed by atoms with E-state index in [9.17, 15) is 14.0 Å². The molecule has 0 aliphatic heterocycles. The number of carbonyl (C=O) groups is 2. The first-order chi connectivity index (χ1) is 8.99. The van der Waals surface area contributed by atoms with Gasteiger partial charge in [0, 0.05) is 6.54 Å². The lowest BCUT2D eigenvalue weighted by atomic mass is 10.1. The number of benzene rings is 1. The average molecular weight is 285 g/mol. The fourth-order valence-electron chi connectivity index (χ4n) is 1.32. The minimum absolute atomic E-state index is 0.122. The highest BCUT2D eigenvalue weighted by Gasteiger charge is 2.13. The van der Waals surface area contributed by atoms with E-state index in [1.54, 1.807) is 19.1 Å². The highest BCUT2D eigenvalue weighted by Crippen LogP contribution is 2.09. The molecule has 0 saturated carbocycles. The summed E-state index contributed by atoms with van der Waals surface area (Å²) in [5.74, 6) is -1.28. The normalized spacial score (nSPS) is 11.9. The molecule has 104 valence electrons. The molecule has 0 heterocycles. The number of amides is 1. The summed E-state index contributed by atoms with van der Waals surface area (Å²) in [7, 11) is 0. The van der Waals surface area contributed by atoms with Crippen LogP contribution in [0.3, 0.4) is 0 Å². The van der Waals surface area contributed by atoms with Crippen LogP contribution in [0.25, 0.3) is 0 Å². The van der Waals surface area contributed by atoms with E-state index in [1.165, 1.54) is 12.1 Å². The smallest absolute Gasteiger partial charge is 0.316 e. The van der Waals surface area contributed by atoms with Gasteiger partial charge < -0.3 is 10.4 Å². The molecule has 0 spiro atoms. The van der Waals surface area contributed by atoms with Gasteiger partial charge >= 0.3 is 5.97 Å². The summed E-state index contributed by atoms with van der Waals surface area (Å²) in [5.41, 5.74) is 0.938. The average Bonchev–Trinajstić information content (AvgIpc) is 2.38. The minimum atomic E-state index is -0.927. The van der Waals surface area contributed by atoms with Crippen molar-refractivity contribution in [3.05, 3.63) is 35.6 Å². The molecule has 2 N–H and O–H groups in total. The molecule has 1 amide bonds. The standard InChI is InChI=1S/C13H16FNO3S/c1-9(13(17)18)19-8-12(16)15-7-6-10-2-4-11(14)5-3-10/h2-5,9H,6-8H2,1H3,(H,15,16)(H,17,18). The minimum Gasteiger partial charge on any atom is -0.480 e. The summed E-state index contributed by atoms with van der Waals surface area (Å²) in [5, 5.41) is 10.8. The Bertz CT molecular complexity index is 436. The number of aliphatic carboxylic acids is 1. The van der Waals surface area contributed by atoms with Crippen LogP contribution in [0, 0.1) is 5.82 Å². The van der Waals surface area contributed by atoms with E-state index < -0.39 is 11.2 Å². The maximum atomic E-state index is 12.7. The van der Waals surface area contributed by atoms with Gasteiger partial charge in [-0.2, -0.15) is 0 Å². The molecular weight excluding hydrogens is 269 g/mol. The number of rotatable bonds is 7. The van der Waals surface area contributed by atoms with Crippen LogP contribution in [0.4, 0.5) is 4.39 Å². The summed E-state index contributed by atoms with van der Waals surface area (Å²) in [6.07, 6.45) is 0.616. The van der Waals surface area contributed by atoms with Gasteiger partial charge in [-0.25, -0.2) is 4.39 Å². The third-order valence-corrected chi connectivity index (χ3v) is 3.59. The van der Waals surface area contributed by atoms with Crippen molar-refractivity contribution in [1.29, 1.82) is 0 Å². The predicted molar refractivity (Wildman–Crippen MR) is 72.7 cm³/mol. The Hall–Kier alpha value is -1.56. The highest BCUT2D eigenvalue weighted by molar-refractivity contribution is 8.01. The predicted octanol–water partition coefficient (Wildman–Crippen LogP) is 1.69. The number of carbonyl (C=O) groups excluding carboxylic acids is 1. The van der Waals surface area contributed by atoms with Gasteiger partial charge in [0.2, 0.25) is 5.91 Å². The van der Waals surface area contributed by atoms with E-state index in [4.69, 9.17) is 5.11 Å². The Balaban J connectivity index is 2.20. The van der Waals surface area contributed by atoms with Crippen LogP contribution in [-0.2, 0) is 16.0 Å². The maximum Gasteiger partial charge on any atom is 0.316 e. The summed E-state index contributed by atoms with van der Waals surface area (Å²) >= 11 is 1.08. The summed E-state index contributed by atoms with van der Waals surface area (Å²) in [6.45, 7) is 1.99. The van der Waals surface area contributed by atoms with E-state index in [0.29, 0.717) is 13.0 Å². The van der Waals surface area contributed by atoms with Crippen molar-refractivity contribution in [3.8, 4) is 0 Å². The van der Waals surface area contributed by atoms with Gasteiger partial charge in [-0.3, -0.25) is 9.59 Å². The lowest BCUT2D eigenvalue weighted by molar-refractivity contribution is -0.136. The Kier molecular flexibility index (Phi) is 6.35. The summed E-state index contributed by atoms with van der Waals surface area (Å²) in [6, 6.07) is 6.09. The van der Waals surface area contributed by atoms with Crippen LogP contribution >= 0.6 is 11.8 Å². The molecule has 1 aromatic rings. The molecule has 0 aliphatic carbocycles. The number of halogens is 1. The third-order valence-electron chi connectivity index (χ3n) is 2.46. The van der Waals surface area contributed by atoms with Gasteiger partial charge in [0.1, 0.15) is 5.82 Å². The summed E-state index contributed by atoms with van der Waals surface area (Å²) < 4.78 is 12.7. The monoisotopic (exact) mass is 285 g/mol. The van der Waals surface area contributed by atoms with E-state index in [0.717, 1.165) is 17.3 Å². The van der Waals surface area contributed by atoms with Crippen molar-refractivity contribution in [2.45, 2.75) is 18.6 Å². The second-order valence-corrected chi connectivity index (χ2v) is 5.35. The molecule has 1 rings (SSSR count). The quantitative estimate of drug-likeness (QED) is 0.800. The molecule has 0 bridgehead atoms. The van der Waals surface area contributed by atoms with E-state index >= 15 is 0 Å². The van der Waals surface area contributed by atoms with Gasteiger partial charge in [0.15, 0.2) is 0 Å². The van der Waals surface area contributed by atoms with Gasteiger partial charge in [-0.15, -0.1) is 11.8 Å². The fraction of sp³-hybridized carbons (Fsp3) is 0.385. The molecule has 0 radical (unpaired) electrons. The molecule has 19 heavy (non-hydrogen) atoms. The number of carboxylic acids is 1. The first kappa shape index (κ1) is 15.5. The van der Waals surface area contributed by atoms with E-state index in [-0.39, 0.29) is 17.5 Å². The fourth-order valence-corrected chi connectivity index (χ4v) is 1.97. The topological polar surface area (TPSA) is 66.4 Å². The second-order valence-electron chi connectivity index (χ2n) is 4.02. The van der Waals surface area contributed by atoms with Crippen LogP contribution in [0.2, 0.25) is 0 Å². The van der Waals surface area contributed by atoms with Crippen LogP contribution in [0.1, 0.15) is 12.5 Å². The highest BCUT2D eigenvalue weighted by atomic mass is 32.2. The lowest BCUT2D eigenvalue weighted by Crippen LogP contribution is -2.28. The maximum absolute atomic E-state index is 12.7. The van der Waals surface area contributed by atoms with E-state index in [1.807, 2.05) is 0 Å². The molecule has 1 aromatic carbocycles. The molecule has 1 unspecified atom stereocenters. The Morgan fingerprint density at radius 3 is 2.58 bits per heavy atom. The number of carboxylic acid groups (broad SMARTS) is 1. The van der Waals surface area contributed by atoms with Crippen LogP contribution < -0.4 is 5.32 Å². The Morgan fingerprint density at radius 1 is 1.37 bits per heavy atom. The molecule has 1 atom stereocenters. The number of thioether (sulfide) groups is 1. The third kappa shape index (κ3) is 6.24. The second kappa shape index (κ2) is 7.78. The zero-order valence-corrected chi connectivity index (χ0v) is 11.4. The first-order valence-electron chi connectivity index (χ1n) is 5.84. The first-order valence-corrected chi connectivity index (χ1v) is 6.89. The molecule has 0 aliphatic rings. The van der Waals surface area contributed by atoms with Crippen molar-refractivity contribution >= 4 is 23.6 Å². The largest absolute Gasteiger partial charge is 0.480 e. The van der Waals surface area contributed by atoms with Crippen LogP contribution in [0.5, 0.6) is 0 Å². The zero-order chi connectivity index (χ0) is 14.3. The molecular formula is C13H16FNO3S. The Morgan fingerprint density at radius 2 is 2.00 bits per heavy atom. The number of nitrogens with one attached hydrogen (secondary N) is 1. The van der Waals surface area contributed by atoms with Crippen molar-refractivity contribution in [2.75, 3.05) is 12.3 Å². The van der Waals surface area contributed by atoms with Crippen molar-refractivity contribution in [3.63, 3.8) is 0 Å². The van der Waals surface area contributed by atoms with Gasteiger partial charge in [0.25, 0.3) is 0 Å². The van der Waals surface area contributed by atoms with Crippen LogP contribution in [-0.4, -0.2) is 34.5 Å². The van der Waals surface area contributed by atoms with Gasteiger partial charge in [0.05, 0.1) is 11.0 Å². The van der Waals surface area contributed by atoms with E-state index in [2.05, 4.69) is 5.32 Å². The SMILES string of the molecule is CC(SCC(=O)NCCc1ccc(F)cc1)C(=O)O. The molecule has 0 fully saturated rings. The number of hydrogen-bond donors (Lipinski definition) is 2. The lowest BCUT2D eigenvalue weighted by Gasteiger charge is -2.07. The van der Waals surface area contributed by atoms with Crippen molar-refractivity contribution < 1.29 is 19.1 Å². The summed E-state index contributed by atoms with van der Waals surface area (Å²) in [4.78, 5) is 22.0. The molecule has 4 nitrogen and oxygen atoms in total. The van der Waals surface area contributed by atoms with Crippen molar-refractivity contribution in [2.24, 2.45) is 0 Å². The Labute approximate surface area is 115 Å². The van der Waals surface area contributed by atoms with Crippen molar-refractivity contribution in [1.82, 2.24) is 5.32 Å². The zero-order valence-electron chi connectivity index (χ0n) is 10.6.